The number of hydrogen-bond donors (Lipinski definition) is 0. The molecule has 2 unspecified atom stereocenters. The molecule has 0 aliphatic carbocycles. The highest BCUT2D eigenvalue weighted by Gasteiger charge is 2.32. The van der Waals surface area contributed by atoms with Crippen molar-refractivity contribution in [2.75, 3.05) is 39.6 Å². The minimum Gasteiger partial charge on any atom is -0.491 e. The zero-order valence-electron chi connectivity index (χ0n) is 19.9. The molecule has 0 amide bonds. The number of epoxide rings is 3. The first-order chi connectivity index (χ1) is 17.2. The van der Waals surface area contributed by atoms with E-state index in [2.05, 4.69) is 43.3 Å². The summed E-state index contributed by atoms with van der Waals surface area (Å²) in [5.74, 6) is 2.55. The molecule has 3 aliphatic heterocycles. The van der Waals surface area contributed by atoms with E-state index in [1.807, 2.05) is 36.4 Å². The molecule has 182 valence electrons. The van der Waals surface area contributed by atoms with Gasteiger partial charge in [-0.25, -0.2) is 0 Å². The topological polar surface area (TPSA) is 65.3 Å². The van der Waals surface area contributed by atoms with Crippen molar-refractivity contribution in [1.82, 2.24) is 0 Å². The summed E-state index contributed by atoms with van der Waals surface area (Å²) in [5, 5.41) is 0. The van der Waals surface area contributed by atoms with Gasteiger partial charge in [0.05, 0.1) is 19.8 Å². The Labute approximate surface area is 205 Å². The maximum atomic E-state index is 5.86. The molecule has 0 spiro atoms. The Morgan fingerprint density at radius 1 is 0.543 bits per heavy atom. The third-order valence-electron chi connectivity index (χ3n) is 6.81. The Morgan fingerprint density at radius 2 is 0.800 bits per heavy atom. The summed E-state index contributed by atoms with van der Waals surface area (Å²) in [5.41, 5.74) is 3.14. The van der Waals surface area contributed by atoms with Crippen molar-refractivity contribution in [2.24, 2.45) is 0 Å². The van der Waals surface area contributed by atoms with Crippen LogP contribution in [0.15, 0.2) is 72.8 Å². The highest BCUT2D eigenvalue weighted by atomic mass is 16.6. The molecule has 3 aliphatic rings. The lowest BCUT2D eigenvalue weighted by Crippen LogP contribution is -2.25. The number of benzene rings is 3. The highest BCUT2D eigenvalue weighted by Crippen LogP contribution is 2.40. The Morgan fingerprint density at radius 3 is 1.03 bits per heavy atom. The fourth-order valence-corrected chi connectivity index (χ4v) is 4.21. The first kappa shape index (κ1) is 22.4. The SMILES string of the molecule is CC(c1ccc(OCC2CO2)cc1)(c1ccc(OCC2CO2)cc1)c1ccc(OC[C@@H]2CO2)cc1. The van der Waals surface area contributed by atoms with Crippen LogP contribution in [0.4, 0.5) is 0 Å². The number of rotatable bonds is 12. The second kappa shape index (κ2) is 9.53. The lowest BCUT2D eigenvalue weighted by atomic mass is 9.71. The average molecular weight is 475 g/mol. The predicted molar refractivity (Wildman–Crippen MR) is 131 cm³/mol. The fourth-order valence-electron chi connectivity index (χ4n) is 4.21. The van der Waals surface area contributed by atoms with Gasteiger partial charge in [-0.15, -0.1) is 0 Å². The lowest BCUT2D eigenvalue weighted by molar-refractivity contribution is 0.262. The number of ether oxygens (including phenoxy) is 6. The van der Waals surface area contributed by atoms with E-state index in [-0.39, 0.29) is 23.7 Å². The first-order valence-corrected chi connectivity index (χ1v) is 12.2. The normalized spacial score (nSPS) is 23.7. The van der Waals surface area contributed by atoms with Crippen LogP contribution in [0.2, 0.25) is 0 Å². The van der Waals surface area contributed by atoms with E-state index in [1.54, 1.807) is 0 Å². The molecule has 6 rings (SSSR count). The van der Waals surface area contributed by atoms with Gasteiger partial charge in [0, 0.05) is 5.41 Å². The van der Waals surface area contributed by atoms with Crippen molar-refractivity contribution < 1.29 is 28.4 Å². The van der Waals surface area contributed by atoms with Gasteiger partial charge in [0.15, 0.2) is 0 Å². The van der Waals surface area contributed by atoms with Crippen molar-refractivity contribution in [3.8, 4) is 17.2 Å². The van der Waals surface area contributed by atoms with Crippen molar-refractivity contribution in [3.05, 3.63) is 89.5 Å². The van der Waals surface area contributed by atoms with Crippen LogP contribution in [0, 0.1) is 0 Å². The van der Waals surface area contributed by atoms with Crippen LogP contribution < -0.4 is 14.2 Å². The Bertz CT molecular complexity index is 969. The van der Waals surface area contributed by atoms with Crippen molar-refractivity contribution in [3.63, 3.8) is 0 Å². The van der Waals surface area contributed by atoms with Gasteiger partial charge in [-0.1, -0.05) is 36.4 Å². The summed E-state index contributed by atoms with van der Waals surface area (Å²) in [4.78, 5) is 0. The largest absolute Gasteiger partial charge is 0.491 e. The predicted octanol–water partition coefficient (Wildman–Crippen LogP) is 4.37. The summed E-state index contributed by atoms with van der Waals surface area (Å²) in [7, 11) is 0. The van der Waals surface area contributed by atoms with E-state index in [0.717, 1.165) is 37.1 Å². The maximum Gasteiger partial charge on any atom is 0.119 e. The van der Waals surface area contributed by atoms with Crippen molar-refractivity contribution in [2.45, 2.75) is 30.7 Å². The quantitative estimate of drug-likeness (QED) is 0.287. The molecule has 3 aromatic carbocycles. The third kappa shape index (κ3) is 5.45. The minimum absolute atomic E-state index is 0.236. The molecule has 0 bridgehead atoms. The van der Waals surface area contributed by atoms with Gasteiger partial charge in [0.2, 0.25) is 0 Å². The Balaban J connectivity index is 1.26. The van der Waals surface area contributed by atoms with Crippen LogP contribution in [0.3, 0.4) is 0 Å². The molecular formula is C29H30O6. The van der Waals surface area contributed by atoms with Gasteiger partial charge in [0.1, 0.15) is 55.4 Å². The molecule has 35 heavy (non-hydrogen) atoms. The van der Waals surface area contributed by atoms with Crippen LogP contribution in [-0.4, -0.2) is 58.0 Å². The zero-order valence-corrected chi connectivity index (χ0v) is 19.9. The minimum atomic E-state index is -0.381. The third-order valence-corrected chi connectivity index (χ3v) is 6.81. The van der Waals surface area contributed by atoms with Crippen LogP contribution in [0.5, 0.6) is 17.2 Å². The van der Waals surface area contributed by atoms with Crippen LogP contribution in [-0.2, 0) is 19.6 Å². The van der Waals surface area contributed by atoms with Gasteiger partial charge in [-0.3, -0.25) is 0 Å². The summed E-state index contributed by atoms with van der Waals surface area (Å²) >= 11 is 0. The second-order valence-electron chi connectivity index (χ2n) is 9.50. The summed E-state index contributed by atoms with van der Waals surface area (Å²) in [6, 6.07) is 25.1. The lowest BCUT2D eigenvalue weighted by Gasteiger charge is -2.32. The Hall–Kier alpha value is -3.06. The standard InChI is InChI=1S/C29H30O6/c1-29(20-2-8-23(9-3-20)30-14-26-17-33-26,21-4-10-24(11-5-21)31-15-27-18-34-27)22-6-12-25(13-7-22)32-16-28-19-35-28/h2-13,26-28H,14-19H2,1H3/t26-,27?,28?,29?/m1/s1. The van der Waals surface area contributed by atoms with E-state index < -0.39 is 0 Å². The monoisotopic (exact) mass is 474 g/mol. The fraction of sp³-hybridized carbons (Fsp3) is 0.379. The maximum absolute atomic E-state index is 5.86. The summed E-state index contributed by atoms with van der Waals surface area (Å²) < 4.78 is 33.3. The molecule has 3 heterocycles. The smallest absolute Gasteiger partial charge is 0.119 e. The van der Waals surface area contributed by atoms with Gasteiger partial charge in [0.25, 0.3) is 0 Å². The van der Waals surface area contributed by atoms with Gasteiger partial charge in [-0.05, 0) is 60.0 Å². The van der Waals surface area contributed by atoms with Crippen molar-refractivity contribution >= 4 is 0 Å². The second-order valence-corrected chi connectivity index (χ2v) is 9.50. The molecule has 6 heteroatoms. The molecule has 3 saturated heterocycles. The molecule has 0 N–H and O–H groups in total. The molecule has 3 atom stereocenters. The van der Waals surface area contributed by atoms with Crippen LogP contribution >= 0.6 is 0 Å². The summed E-state index contributed by atoms with van der Waals surface area (Å²) in [6.45, 7) is 6.40. The molecule has 0 radical (unpaired) electrons. The van der Waals surface area contributed by atoms with Crippen LogP contribution in [0.1, 0.15) is 23.6 Å². The summed E-state index contributed by atoms with van der Waals surface area (Å²) in [6.07, 6.45) is 0.707. The van der Waals surface area contributed by atoms with Gasteiger partial charge in [-0.2, -0.15) is 0 Å². The van der Waals surface area contributed by atoms with Gasteiger partial charge >= 0.3 is 0 Å². The zero-order chi connectivity index (χ0) is 23.7. The Kier molecular flexibility index (Phi) is 6.10. The van der Waals surface area contributed by atoms with E-state index >= 15 is 0 Å². The van der Waals surface area contributed by atoms with Gasteiger partial charge < -0.3 is 28.4 Å². The molecule has 3 fully saturated rings. The molecule has 3 aromatic rings. The molecule has 0 aromatic heterocycles. The van der Waals surface area contributed by atoms with E-state index in [4.69, 9.17) is 28.4 Å². The number of hydrogen-bond acceptors (Lipinski definition) is 6. The van der Waals surface area contributed by atoms with E-state index in [0.29, 0.717) is 19.8 Å². The van der Waals surface area contributed by atoms with Crippen molar-refractivity contribution in [1.29, 1.82) is 0 Å². The highest BCUT2D eigenvalue weighted by molar-refractivity contribution is 5.52. The molecule has 6 nitrogen and oxygen atoms in total. The average Bonchev–Trinajstić information content (AvgIpc) is 3.76. The van der Waals surface area contributed by atoms with E-state index in [9.17, 15) is 0 Å². The van der Waals surface area contributed by atoms with E-state index in [1.165, 1.54) is 16.7 Å². The first-order valence-electron chi connectivity index (χ1n) is 12.2. The molecule has 0 saturated carbocycles. The molecular weight excluding hydrogens is 444 g/mol. The van der Waals surface area contributed by atoms with Crippen LogP contribution in [0.25, 0.3) is 0 Å².